The Balaban J connectivity index is 1.63. The van der Waals surface area contributed by atoms with Crippen molar-refractivity contribution in [2.45, 2.75) is 17.7 Å². The quantitative estimate of drug-likeness (QED) is 0.769. The molecule has 2 fully saturated rings. The number of pyridine rings is 1. The third-order valence-electron chi connectivity index (χ3n) is 5.09. The first-order valence-electron chi connectivity index (χ1n) is 8.90. The van der Waals surface area contributed by atoms with Crippen LogP contribution in [0.4, 0.5) is 5.82 Å². The predicted molar refractivity (Wildman–Crippen MR) is 97.3 cm³/mol. The molecule has 140 valence electrons. The zero-order valence-electron chi connectivity index (χ0n) is 15.1. The van der Waals surface area contributed by atoms with E-state index in [1.54, 1.807) is 6.07 Å². The highest BCUT2D eigenvalue weighted by atomic mass is 32.2. The molecule has 0 aliphatic carbocycles. The van der Waals surface area contributed by atoms with E-state index >= 15 is 0 Å². The molecule has 1 aromatic rings. The van der Waals surface area contributed by atoms with Gasteiger partial charge in [-0.15, -0.1) is 0 Å². The van der Waals surface area contributed by atoms with Gasteiger partial charge < -0.3 is 14.5 Å². The Labute approximate surface area is 150 Å². The van der Waals surface area contributed by atoms with Crippen LogP contribution in [0, 0.1) is 5.92 Å². The average molecular weight is 369 g/mol. The van der Waals surface area contributed by atoms with Gasteiger partial charge in [0.2, 0.25) is 10.0 Å². The molecule has 0 radical (unpaired) electrons. The second-order valence-electron chi connectivity index (χ2n) is 7.00. The Morgan fingerprint density at radius 1 is 1.20 bits per heavy atom. The van der Waals surface area contributed by atoms with Crippen LogP contribution in [0.2, 0.25) is 0 Å². The molecule has 0 aromatic carbocycles. The van der Waals surface area contributed by atoms with Gasteiger partial charge in [0, 0.05) is 32.9 Å². The zero-order valence-corrected chi connectivity index (χ0v) is 15.9. The van der Waals surface area contributed by atoms with E-state index in [9.17, 15) is 8.42 Å². The van der Waals surface area contributed by atoms with Gasteiger partial charge in [-0.25, -0.2) is 13.4 Å². The second kappa shape index (κ2) is 7.99. The van der Waals surface area contributed by atoms with Crippen molar-refractivity contribution in [1.29, 1.82) is 0 Å². The van der Waals surface area contributed by atoms with Crippen molar-refractivity contribution < 1.29 is 13.2 Å². The largest absolute Gasteiger partial charge is 0.379 e. The van der Waals surface area contributed by atoms with Gasteiger partial charge in [0.1, 0.15) is 10.7 Å². The summed E-state index contributed by atoms with van der Waals surface area (Å²) in [5, 5.41) is 0. The highest BCUT2D eigenvalue weighted by Gasteiger charge is 2.27. The van der Waals surface area contributed by atoms with Crippen LogP contribution in [0.25, 0.3) is 0 Å². The summed E-state index contributed by atoms with van der Waals surface area (Å²) in [6.45, 7) is 4.94. The number of hydrogen-bond donors (Lipinski definition) is 0. The lowest BCUT2D eigenvalue weighted by molar-refractivity contribution is 0.0730. The minimum Gasteiger partial charge on any atom is -0.379 e. The minimum atomic E-state index is -3.47. The predicted octanol–water partition coefficient (Wildman–Crippen LogP) is 0.881. The summed E-state index contributed by atoms with van der Waals surface area (Å²) < 4.78 is 32.0. The van der Waals surface area contributed by atoms with Crippen LogP contribution in [0.1, 0.15) is 12.8 Å². The van der Waals surface area contributed by atoms with E-state index in [0.717, 1.165) is 25.5 Å². The Bertz CT molecular complexity index is 651. The number of anilines is 1. The highest BCUT2D eigenvalue weighted by molar-refractivity contribution is 7.89. The standard InChI is InChI=1S/C17H28N4O3S/c1-19-7-5-15(6-8-19)14-20(2)17-4-3-16(13-18-17)25(22,23)21-9-11-24-12-10-21/h3-4,13,15H,5-12,14H2,1-2H3. The Morgan fingerprint density at radius 3 is 2.48 bits per heavy atom. The van der Waals surface area contributed by atoms with Crippen molar-refractivity contribution in [2.24, 2.45) is 5.92 Å². The van der Waals surface area contributed by atoms with Gasteiger partial charge >= 0.3 is 0 Å². The molecule has 0 N–H and O–H groups in total. The molecule has 1 aromatic heterocycles. The summed E-state index contributed by atoms with van der Waals surface area (Å²) in [6, 6.07) is 3.47. The SMILES string of the molecule is CN1CCC(CN(C)c2ccc(S(=O)(=O)N3CCOCC3)cn2)CC1. The van der Waals surface area contributed by atoms with E-state index < -0.39 is 10.0 Å². The van der Waals surface area contributed by atoms with Gasteiger partial charge in [-0.05, 0) is 51.0 Å². The third kappa shape index (κ3) is 4.49. The van der Waals surface area contributed by atoms with Crippen molar-refractivity contribution in [1.82, 2.24) is 14.2 Å². The molecule has 0 amide bonds. The molecule has 25 heavy (non-hydrogen) atoms. The summed E-state index contributed by atoms with van der Waals surface area (Å²) in [5.74, 6) is 1.49. The van der Waals surface area contributed by atoms with Crippen LogP contribution < -0.4 is 4.90 Å². The maximum atomic E-state index is 12.6. The Morgan fingerprint density at radius 2 is 1.88 bits per heavy atom. The fourth-order valence-corrected chi connectivity index (χ4v) is 4.77. The first-order chi connectivity index (χ1) is 12.0. The van der Waals surface area contributed by atoms with E-state index in [2.05, 4.69) is 21.8 Å². The number of sulfonamides is 1. The molecular formula is C17H28N4O3S. The number of morpholine rings is 1. The van der Waals surface area contributed by atoms with E-state index in [0.29, 0.717) is 32.2 Å². The van der Waals surface area contributed by atoms with Crippen LogP contribution in [0.5, 0.6) is 0 Å². The lowest BCUT2D eigenvalue weighted by Gasteiger charge is -2.32. The molecule has 0 bridgehead atoms. The molecular weight excluding hydrogens is 340 g/mol. The van der Waals surface area contributed by atoms with E-state index in [1.807, 2.05) is 13.1 Å². The van der Waals surface area contributed by atoms with Crippen molar-refractivity contribution in [3.05, 3.63) is 18.3 Å². The van der Waals surface area contributed by atoms with E-state index in [-0.39, 0.29) is 4.90 Å². The van der Waals surface area contributed by atoms with Gasteiger partial charge in [0.25, 0.3) is 0 Å². The molecule has 8 heteroatoms. The number of hydrogen-bond acceptors (Lipinski definition) is 6. The number of piperidine rings is 1. The number of ether oxygens (including phenoxy) is 1. The summed E-state index contributed by atoms with van der Waals surface area (Å²) in [7, 11) is 0.715. The lowest BCUT2D eigenvalue weighted by atomic mass is 9.97. The summed E-state index contributed by atoms with van der Waals surface area (Å²) in [6.07, 6.45) is 3.87. The number of rotatable bonds is 5. The first-order valence-corrected chi connectivity index (χ1v) is 10.3. The summed E-state index contributed by atoms with van der Waals surface area (Å²) >= 11 is 0. The molecule has 0 spiro atoms. The van der Waals surface area contributed by atoms with Crippen molar-refractivity contribution in [2.75, 3.05) is 64.9 Å². The summed E-state index contributed by atoms with van der Waals surface area (Å²) in [4.78, 5) is 9.14. The molecule has 0 unspecified atom stereocenters. The number of likely N-dealkylation sites (tertiary alicyclic amines) is 1. The van der Waals surface area contributed by atoms with Crippen LogP contribution in [-0.2, 0) is 14.8 Å². The third-order valence-corrected chi connectivity index (χ3v) is 6.97. The van der Waals surface area contributed by atoms with Crippen molar-refractivity contribution >= 4 is 15.8 Å². The number of nitrogens with zero attached hydrogens (tertiary/aromatic N) is 4. The van der Waals surface area contributed by atoms with Gasteiger partial charge in [0.15, 0.2) is 0 Å². The molecule has 3 heterocycles. The maximum Gasteiger partial charge on any atom is 0.244 e. The van der Waals surface area contributed by atoms with Crippen molar-refractivity contribution in [3.63, 3.8) is 0 Å². The Hall–Kier alpha value is -1.22. The maximum absolute atomic E-state index is 12.6. The van der Waals surface area contributed by atoms with Gasteiger partial charge in [-0.2, -0.15) is 4.31 Å². The highest BCUT2D eigenvalue weighted by Crippen LogP contribution is 2.21. The number of aromatic nitrogens is 1. The topological polar surface area (TPSA) is 66.0 Å². The Kier molecular flexibility index (Phi) is 5.93. The van der Waals surface area contributed by atoms with Crippen LogP contribution in [-0.4, -0.2) is 82.6 Å². The first kappa shape index (κ1) is 18.6. The molecule has 0 atom stereocenters. The lowest BCUT2D eigenvalue weighted by Crippen LogP contribution is -2.40. The van der Waals surface area contributed by atoms with Gasteiger partial charge in [-0.1, -0.05) is 0 Å². The van der Waals surface area contributed by atoms with Crippen LogP contribution >= 0.6 is 0 Å². The van der Waals surface area contributed by atoms with E-state index in [4.69, 9.17) is 4.74 Å². The monoisotopic (exact) mass is 368 g/mol. The van der Waals surface area contributed by atoms with Crippen molar-refractivity contribution in [3.8, 4) is 0 Å². The van der Waals surface area contributed by atoms with E-state index in [1.165, 1.54) is 23.3 Å². The van der Waals surface area contributed by atoms with Gasteiger partial charge in [0.05, 0.1) is 13.2 Å². The zero-order chi connectivity index (χ0) is 17.9. The minimum absolute atomic E-state index is 0.255. The fourth-order valence-electron chi connectivity index (χ4n) is 3.41. The van der Waals surface area contributed by atoms with Gasteiger partial charge in [-0.3, -0.25) is 0 Å². The normalized spacial score (nSPS) is 21.4. The second-order valence-corrected chi connectivity index (χ2v) is 8.93. The van der Waals surface area contributed by atoms with Crippen LogP contribution in [0.15, 0.2) is 23.2 Å². The molecule has 2 saturated heterocycles. The molecule has 3 rings (SSSR count). The molecule has 2 aliphatic rings. The summed E-state index contributed by atoms with van der Waals surface area (Å²) in [5.41, 5.74) is 0. The fraction of sp³-hybridized carbons (Fsp3) is 0.706. The van der Waals surface area contributed by atoms with Crippen LogP contribution in [0.3, 0.4) is 0 Å². The smallest absolute Gasteiger partial charge is 0.244 e. The molecule has 7 nitrogen and oxygen atoms in total. The molecule has 2 aliphatic heterocycles. The average Bonchev–Trinajstić information content (AvgIpc) is 2.64. The molecule has 0 saturated carbocycles.